The van der Waals surface area contributed by atoms with E-state index in [0.29, 0.717) is 10.1 Å². The highest BCUT2D eigenvalue weighted by Gasteiger charge is 2.29. The molecule has 4 rings (SSSR count). The molecular formula is C28H30F5N3O3S2. The summed E-state index contributed by atoms with van der Waals surface area (Å²) in [6, 6.07) is 9.14. The van der Waals surface area contributed by atoms with E-state index in [4.69, 9.17) is 4.74 Å². The third kappa shape index (κ3) is 7.81. The van der Waals surface area contributed by atoms with Crippen LogP contribution < -0.4 is 15.4 Å². The zero-order chi connectivity index (χ0) is 29.7. The lowest BCUT2D eigenvalue weighted by atomic mass is 10.0. The lowest BCUT2D eigenvalue weighted by Gasteiger charge is -2.30. The van der Waals surface area contributed by atoms with Crippen molar-refractivity contribution >= 4 is 42.6 Å². The number of likely N-dealkylation sites (tertiary alicyclic amines) is 1. The molecule has 2 heterocycles. The number of nitrogens with one attached hydrogen (secondary N) is 2. The maximum atomic E-state index is 14.8. The molecular weight excluding hydrogens is 585 g/mol. The monoisotopic (exact) mass is 615 g/mol. The molecule has 2 aromatic carbocycles. The van der Waals surface area contributed by atoms with Gasteiger partial charge >= 0.3 is 0 Å². The molecule has 1 aromatic heterocycles. The summed E-state index contributed by atoms with van der Waals surface area (Å²) in [5, 5.41) is 6.73. The highest BCUT2D eigenvalue weighted by Crippen LogP contribution is 2.42. The molecule has 1 aliphatic rings. The summed E-state index contributed by atoms with van der Waals surface area (Å²) >= 11 is 1.13. The van der Waals surface area contributed by atoms with Gasteiger partial charge in [-0.3, -0.25) is 0 Å². The quantitative estimate of drug-likeness (QED) is 0.209. The van der Waals surface area contributed by atoms with E-state index in [1.54, 1.807) is 12.1 Å². The summed E-state index contributed by atoms with van der Waals surface area (Å²) in [5.74, 6) is 5.46. The van der Waals surface area contributed by atoms with Crippen molar-refractivity contribution in [2.45, 2.75) is 42.8 Å². The summed E-state index contributed by atoms with van der Waals surface area (Å²) in [6.07, 6.45) is -5.73. The smallest absolute Gasteiger partial charge is 0.273 e. The van der Waals surface area contributed by atoms with Gasteiger partial charge in [0.2, 0.25) is 0 Å². The maximum absolute atomic E-state index is 14.8. The van der Waals surface area contributed by atoms with Crippen molar-refractivity contribution < 1.29 is 35.1 Å². The first-order valence-corrected chi connectivity index (χ1v) is 15.6. The standard InChI is InChI=1S/C28H30F5N3O3S2/c1-36-13-10-17(11-14-36)35-21-6-3-5-19-25(26(31)28(32)33)23(40-27(19)21)7-4-12-34-20-9-8-18(41(2,37)38)15-22(20)39-16-24(29)30/h3,5-6,8-9,15,17,24,26,28,34-35H,10-14,16H2,1-2H3. The Labute approximate surface area is 239 Å². The molecule has 13 heteroatoms. The number of hydrogen-bond donors (Lipinski definition) is 2. The van der Waals surface area contributed by atoms with Crippen LogP contribution in [0.25, 0.3) is 10.1 Å². The number of benzene rings is 2. The first-order chi connectivity index (χ1) is 19.4. The Morgan fingerprint density at radius 2 is 1.83 bits per heavy atom. The van der Waals surface area contributed by atoms with Crippen LogP contribution in [0.5, 0.6) is 5.75 Å². The predicted octanol–water partition coefficient (Wildman–Crippen LogP) is 6.19. The number of rotatable bonds is 10. The van der Waals surface area contributed by atoms with Crippen LogP contribution in [-0.4, -0.2) is 71.8 Å². The third-order valence-electron chi connectivity index (χ3n) is 6.64. The van der Waals surface area contributed by atoms with Gasteiger partial charge in [0, 0.05) is 29.3 Å². The number of halogens is 5. The number of nitrogens with zero attached hydrogens (tertiary/aromatic N) is 1. The molecule has 1 atom stereocenters. The Balaban J connectivity index is 1.60. The minimum absolute atomic E-state index is 0.0801. The zero-order valence-electron chi connectivity index (χ0n) is 22.4. The van der Waals surface area contributed by atoms with Gasteiger partial charge in [-0.05, 0) is 51.2 Å². The largest absolute Gasteiger partial charge is 0.485 e. The number of fused-ring (bicyclic) bond motifs is 1. The van der Waals surface area contributed by atoms with Crippen LogP contribution in [0.4, 0.5) is 33.3 Å². The van der Waals surface area contributed by atoms with E-state index in [9.17, 15) is 30.4 Å². The molecule has 2 N–H and O–H groups in total. The van der Waals surface area contributed by atoms with Crippen molar-refractivity contribution in [1.82, 2.24) is 4.90 Å². The maximum Gasteiger partial charge on any atom is 0.273 e. The average Bonchev–Trinajstić information content (AvgIpc) is 3.29. The van der Waals surface area contributed by atoms with Crippen LogP contribution in [-0.2, 0) is 9.84 Å². The fourth-order valence-corrected chi connectivity index (χ4v) is 6.35. The SMILES string of the molecule is CN1CCC(Nc2cccc3c(C(F)C(F)F)c(C#CCNc4ccc(S(C)(=O)=O)cc4OCC(F)F)sc23)CC1. The van der Waals surface area contributed by atoms with Crippen molar-refractivity contribution in [2.75, 3.05) is 50.2 Å². The normalized spacial score (nSPS) is 15.6. The van der Waals surface area contributed by atoms with Gasteiger partial charge in [-0.2, -0.15) is 0 Å². The second-order valence-electron chi connectivity index (χ2n) is 9.77. The Bertz CT molecular complexity index is 1530. The van der Waals surface area contributed by atoms with Crippen LogP contribution in [0, 0.1) is 11.8 Å². The van der Waals surface area contributed by atoms with Crippen LogP contribution in [0.2, 0.25) is 0 Å². The van der Waals surface area contributed by atoms with Gasteiger partial charge in [-0.15, -0.1) is 11.3 Å². The second kappa shape index (κ2) is 13.3. The summed E-state index contributed by atoms with van der Waals surface area (Å²) in [5.41, 5.74) is 0.783. The van der Waals surface area contributed by atoms with E-state index in [2.05, 4.69) is 34.4 Å². The minimum atomic E-state index is -3.62. The highest BCUT2D eigenvalue weighted by atomic mass is 32.2. The van der Waals surface area contributed by atoms with Crippen LogP contribution in [0.1, 0.15) is 29.5 Å². The lowest BCUT2D eigenvalue weighted by Crippen LogP contribution is -2.36. The topological polar surface area (TPSA) is 70.7 Å². The molecule has 6 nitrogen and oxygen atoms in total. The number of ether oxygens (including phenoxy) is 1. The van der Waals surface area contributed by atoms with Gasteiger partial charge in [-0.1, -0.05) is 24.0 Å². The molecule has 0 amide bonds. The Hall–Kier alpha value is -3.08. The van der Waals surface area contributed by atoms with Gasteiger partial charge in [0.25, 0.3) is 12.9 Å². The Kier molecular flexibility index (Phi) is 9.99. The highest BCUT2D eigenvalue weighted by molar-refractivity contribution is 7.90. The molecule has 41 heavy (non-hydrogen) atoms. The number of piperidine rings is 1. The Morgan fingerprint density at radius 3 is 2.49 bits per heavy atom. The molecule has 0 radical (unpaired) electrons. The molecule has 222 valence electrons. The van der Waals surface area contributed by atoms with Gasteiger partial charge in [0.1, 0.15) is 12.4 Å². The summed E-state index contributed by atoms with van der Waals surface area (Å²) < 4.78 is 96.9. The predicted molar refractivity (Wildman–Crippen MR) is 152 cm³/mol. The van der Waals surface area contributed by atoms with E-state index in [-0.39, 0.29) is 39.4 Å². The fraction of sp³-hybridized carbons (Fsp3) is 0.429. The summed E-state index contributed by atoms with van der Waals surface area (Å²) in [6.45, 7) is 0.829. The van der Waals surface area contributed by atoms with Crippen LogP contribution in [0.3, 0.4) is 0 Å². The molecule has 0 spiro atoms. The first kappa shape index (κ1) is 30.9. The number of sulfone groups is 1. The molecule has 1 unspecified atom stereocenters. The van der Waals surface area contributed by atoms with Gasteiger partial charge in [-0.25, -0.2) is 30.4 Å². The van der Waals surface area contributed by atoms with E-state index >= 15 is 0 Å². The third-order valence-corrected chi connectivity index (χ3v) is 8.92. The minimum Gasteiger partial charge on any atom is -0.485 e. The average molecular weight is 616 g/mol. The van der Waals surface area contributed by atoms with E-state index < -0.39 is 35.5 Å². The van der Waals surface area contributed by atoms with Crippen molar-refractivity contribution in [1.29, 1.82) is 0 Å². The molecule has 3 aromatic rings. The molecule has 1 fully saturated rings. The second-order valence-corrected chi connectivity index (χ2v) is 12.8. The van der Waals surface area contributed by atoms with Crippen molar-refractivity contribution in [3.05, 3.63) is 46.8 Å². The van der Waals surface area contributed by atoms with Gasteiger partial charge in [0.05, 0.1) is 32.4 Å². The Morgan fingerprint density at radius 1 is 1.10 bits per heavy atom. The number of thiophene rings is 1. The van der Waals surface area contributed by atoms with Crippen LogP contribution in [0.15, 0.2) is 41.3 Å². The summed E-state index contributed by atoms with van der Waals surface area (Å²) in [7, 11) is -1.56. The van der Waals surface area contributed by atoms with E-state index in [1.807, 2.05) is 6.07 Å². The van der Waals surface area contributed by atoms with Gasteiger partial charge < -0.3 is 20.3 Å². The molecule has 0 aliphatic carbocycles. The molecule has 1 saturated heterocycles. The fourth-order valence-electron chi connectivity index (χ4n) is 4.53. The first-order valence-electron chi connectivity index (χ1n) is 12.8. The number of hydrogen-bond acceptors (Lipinski definition) is 7. The van der Waals surface area contributed by atoms with Crippen molar-refractivity contribution in [2.24, 2.45) is 0 Å². The van der Waals surface area contributed by atoms with E-state index in [1.165, 1.54) is 12.1 Å². The van der Waals surface area contributed by atoms with E-state index in [0.717, 1.165) is 55.3 Å². The van der Waals surface area contributed by atoms with Crippen molar-refractivity contribution in [3.8, 4) is 17.6 Å². The molecule has 0 bridgehead atoms. The van der Waals surface area contributed by atoms with Crippen molar-refractivity contribution in [3.63, 3.8) is 0 Å². The van der Waals surface area contributed by atoms with Gasteiger partial charge in [0.15, 0.2) is 16.0 Å². The lowest BCUT2D eigenvalue weighted by molar-refractivity contribution is 0.0504. The number of alkyl halides is 5. The summed E-state index contributed by atoms with van der Waals surface area (Å²) in [4.78, 5) is 2.28. The number of anilines is 2. The van der Waals surface area contributed by atoms with Crippen LogP contribution >= 0.6 is 11.3 Å². The molecule has 1 aliphatic heterocycles. The zero-order valence-corrected chi connectivity index (χ0v) is 24.0. The molecule has 0 saturated carbocycles.